The van der Waals surface area contributed by atoms with Crippen LogP contribution in [0.3, 0.4) is 0 Å². The Bertz CT molecular complexity index is 1270. The predicted molar refractivity (Wildman–Crippen MR) is 124 cm³/mol. The number of halogens is 2. The summed E-state index contributed by atoms with van der Waals surface area (Å²) in [4.78, 5) is 38.7. The maximum absolute atomic E-state index is 14.0. The third-order valence-electron chi connectivity index (χ3n) is 4.93. The number of fused-ring (bicyclic) bond motifs is 1. The molecule has 164 valence electrons. The Balaban J connectivity index is 1.67. The number of nitrogens with zero attached hydrogens (tertiary/aromatic N) is 2. The van der Waals surface area contributed by atoms with E-state index >= 15 is 0 Å². The maximum Gasteiger partial charge on any atom is 0.325 e. The van der Waals surface area contributed by atoms with Gasteiger partial charge in [0.25, 0.3) is 11.1 Å². The number of ether oxygens (including phenoxy) is 1. The second-order valence-electron chi connectivity index (χ2n) is 7.04. The van der Waals surface area contributed by atoms with E-state index in [1.54, 1.807) is 42.0 Å². The van der Waals surface area contributed by atoms with E-state index < -0.39 is 17.0 Å². The molecule has 4 rings (SSSR count). The fourth-order valence-corrected chi connectivity index (χ4v) is 4.65. The summed E-state index contributed by atoms with van der Waals surface area (Å²) in [6.07, 6.45) is 3.38. The molecule has 9 heteroatoms. The Kier molecular flexibility index (Phi) is 6.48. The van der Waals surface area contributed by atoms with Gasteiger partial charge in [0.1, 0.15) is 12.4 Å². The normalized spacial score (nSPS) is 15.2. The van der Waals surface area contributed by atoms with Crippen molar-refractivity contribution in [2.45, 2.75) is 20.0 Å². The number of carbonyl (C=O) groups excluding carboxylic acids is 3. The van der Waals surface area contributed by atoms with Gasteiger partial charge in [-0.2, -0.15) is 0 Å². The molecule has 0 atom stereocenters. The van der Waals surface area contributed by atoms with Gasteiger partial charge >= 0.3 is 5.97 Å². The SMILES string of the molecule is CCOC(=O)Cn1cc(/C=C2\SC(=O)N(Cc3ccccc3F)C2=O)c2cc(Br)ccc21. The molecule has 1 aliphatic heterocycles. The van der Waals surface area contributed by atoms with Crippen molar-refractivity contribution in [3.8, 4) is 0 Å². The van der Waals surface area contributed by atoms with Gasteiger partial charge in [-0.3, -0.25) is 19.3 Å². The first-order valence-corrected chi connectivity index (χ1v) is 11.4. The number of carbonyl (C=O) groups is 3. The van der Waals surface area contributed by atoms with Gasteiger partial charge in [0.15, 0.2) is 0 Å². The molecule has 3 aromatic rings. The van der Waals surface area contributed by atoms with Crippen LogP contribution in [0, 0.1) is 5.82 Å². The van der Waals surface area contributed by atoms with E-state index in [1.807, 2.05) is 18.2 Å². The second-order valence-corrected chi connectivity index (χ2v) is 8.95. The van der Waals surface area contributed by atoms with Crippen LogP contribution < -0.4 is 0 Å². The minimum absolute atomic E-state index is 0.0224. The number of rotatable bonds is 6. The molecular formula is C23H18BrFN2O4S. The van der Waals surface area contributed by atoms with Crippen LogP contribution >= 0.6 is 27.7 Å². The van der Waals surface area contributed by atoms with Crippen molar-refractivity contribution < 1.29 is 23.5 Å². The van der Waals surface area contributed by atoms with Crippen LogP contribution in [0.4, 0.5) is 9.18 Å². The standard InChI is InChI=1S/C23H18BrFN2O4S/c1-2-31-21(28)13-26-11-15(17-10-16(24)7-8-19(17)26)9-20-22(29)27(23(30)32-20)12-14-5-3-4-6-18(14)25/h3-11H,2,12-13H2,1H3/b20-9-. The molecule has 0 spiro atoms. The second kappa shape index (κ2) is 9.30. The molecule has 2 heterocycles. The molecule has 0 radical (unpaired) electrons. The molecule has 0 N–H and O–H groups in total. The van der Waals surface area contributed by atoms with Crippen molar-refractivity contribution in [2.24, 2.45) is 0 Å². The molecule has 1 aliphatic rings. The molecule has 6 nitrogen and oxygen atoms in total. The molecule has 2 amide bonds. The summed E-state index contributed by atoms with van der Waals surface area (Å²) < 4.78 is 21.6. The lowest BCUT2D eigenvalue weighted by molar-refractivity contribution is -0.143. The average Bonchev–Trinajstić information content (AvgIpc) is 3.21. The van der Waals surface area contributed by atoms with E-state index in [2.05, 4.69) is 15.9 Å². The Labute approximate surface area is 196 Å². The summed E-state index contributed by atoms with van der Waals surface area (Å²) in [5, 5.41) is 0.352. The molecular weight excluding hydrogens is 499 g/mol. The van der Waals surface area contributed by atoms with Crippen LogP contribution in [-0.2, 0) is 27.4 Å². The molecule has 1 fully saturated rings. The minimum atomic E-state index is -0.482. The fourth-order valence-electron chi connectivity index (χ4n) is 3.46. The van der Waals surface area contributed by atoms with Crippen molar-refractivity contribution >= 4 is 61.8 Å². The molecule has 1 saturated heterocycles. The predicted octanol–water partition coefficient (Wildman–Crippen LogP) is 5.34. The highest BCUT2D eigenvalue weighted by molar-refractivity contribution is 9.10. The largest absolute Gasteiger partial charge is 0.465 e. The number of imide groups is 1. The average molecular weight is 517 g/mol. The molecule has 2 aromatic carbocycles. The summed E-state index contributed by atoms with van der Waals surface area (Å²) in [6.45, 7) is 1.91. The number of hydrogen-bond acceptors (Lipinski definition) is 5. The summed E-state index contributed by atoms with van der Waals surface area (Å²) >= 11 is 4.26. The third kappa shape index (κ3) is 4.49. The quantitative estimate of drug-likeness (QED) is 0.326. The van der Waals surface area contributed by atoms with Gasteiger partial charge in [-0.15, -0.1) is 0 Å². The lowest BCUT2D eigenvalue weighted by Gasteiger charge is -2.12. The number of esters is 1. The first kappa shape index (κ1) is 22.3. The summed E-state index contributed by atoms with van der Waals surface area (Å²) in [7, 11) is 0. The highest BCUT2D eigenvalue weighted by Gasteiger charge is 2.35. The Morgan fingerprint density at radius 3 is 2.75 bits per heavy atom. The Morgan fingerprint density at radius 1 is 1.22 bits per heavy atom. The van der Waals surface area contributed by atoms with E-state index in [9.17, 15) is 18.8 Å². The van der Waals surface area contributed by atoms with Crippen LogP contribution in [0.25, 0.3) is 17.0 Å². The highest BCUT2D eigenvalue weighted by Crippen LogP contribution is 2.35. The molecule has 32 heavy (non-hydrogen) atoms. The van der Waals surface area contributed by atoms with E-state index in [0.717, 1.165) is 32.0 Å². The summed E-state index contributed by atoms with van der Waals surface area (Å²) in [6, 6.07) is 11.6. The van der Waals surface area contributed by atoms with Gasteiger partial charge in [-0.25, -0.2) is 4.39 Å². The van der Waals surface area contributed by atoms with E-state index in [4.69, 9.17) is 4.74 Å². The van der Waals surface area contributed by atoms with Gasteiger partial charge in [-0.1, -0.05) is 34.1 Å². The molecule has 0 unspecified atom stereocenters. The van der Waals surface area contributed by atoms with E-state index in [1.165, 1.54) is 6.07 Å². The van der Waals surface area contributed by atoms with E-state index in [0.29, 0.717) is 5.56 Å². The van der Waals surface area contributed by atoms with Crippen LogP contribution in [0.1, 0.15) is 18.1 Å². The highest BCUT2D eigenvalue weighted by atomic mass is 79.9. The van der Waals surface area contributed by atoms with Crippen molar-refractivity contribution in [3.05, 3.63) is 75.0 Å². The van der Waals surface area contributed by atoms with Gasteiger partial charge < -0.3 is 9.30 Å². The van der Waals surface area contributed by atoms with E-state index in [-0.39, 0.29) is 36.1 Å². The maximum atomic E-state index is 14.0. The van der Waals surface area contributed by atoms with Crippen molar-refractivity contribution in [3.63, 3.8) is 0 Å². The van der Waals surface area contributed by atoms with Gasteiger partial charge in [0.05, 0.1) is 18.1 Å². The zero-order valence-electron chi connectivity index (χ0n) is 17.0. The zero-order valence-corrected chi connectivity index (χ0v) is 19.4. The molecule has 0 saturated carbocycles. The number of aromatic nitrogens is 1. The topological polar surface area (TPSA) is 68.6 Å². The summed E-state index contributed by atoms with van der Waals surface area (Å²) in [5.41, 5.74) is 1.74. The van der Waals surface area contributed by atoms with Gasteiger partial charge in [0, 0.05) is 32.7 Å². The lowest BCUT2D eigenvalue weighted by atomic mass is 10.1. The number of amides is 2. The first-order valence-electron chi connectivity index (χ1n) is 9.80. The van der Waals surface area contributed by atoms with Crippen molar-refractivity contribution in [2.75, 3.05) is 6.61 Å². The third-order valence-corrected chi connectivity index (χ3v) is 6.33. The number of thioether (sulfide) groups is 1. The monoisotopic (exact) mass is 516 g/mol. The zero-order chi connectivity index (χ0) is 22.8. The minimum Gasteiger partial charge on any atom is -0.465 e. The lowest BCUT2D eigenvalue weighted by Crippen LogP contribution is -2.27. The van der Waals surface area contributed by atoms with Crippen molar-refractivity contribution in [1.82, 2.24) is 9.47 Å². The Hall–Kier alpha value is -2.91. The van der Waals surface area contributed by atoms with Crippen LogP contribution in [0.5, 0.6) is 0 Å². The summed E-state index contributed by atoms with van der Waals surface area (Å²) in [5.74, 6) is -1.32. The van der Waals surface area contributed by atoms with Crippen LogP contribution in [0.15, 0.2) is 58.0 Å². The Morgan fingerprint density at radius 2 is 2.00 bits per heavy atom. The number of hydrogen-bond donors (Lipinski definition) is 0. The number of benzene rings is 2. The van der Waals surface area contributed by atoms with Gasteiger partial charge in [-0.05, 0) is 49.0 Å². The van der Waals surface area contributed by atoms with Crippen LogP contribution in [0.2, 0.25) is 0 Å². The smallest absolute Gasteiger partial charge is 0.325 e. The first-order chi connectivity index (χ1) is 15.4. The molecule has 0 bridgehead atoms. The molecule has 1 aromatic heterocycles. The fraction of sp³-hybridized carbons (Fsp3) is 0.174. The van der Waals surface area contributed by atoms with Crippen LogP contribution in [-0.4, -0.2) is 33.2 Å². The molecule has 0 aliphatic carbocycles. The van der Waals surface area contributed by atoms with Crippen molar-refractivity contribution in [1.29, 1.82) is 0 Å². The van der Waals surface area contributed by atoms with Gasteiger partial charge in [0.2, 0.25) is 0 Å².